The lowest BCUT2D eigenvalue weighted by molar-refractivity contribution is -0.119. The molecule has 0 bridgehead atoms. The fourth-order valence-electron chi connectivity index (χ4n) is 1.87. The minimum Gasteiger partial charge on any atom is -0.489 e. The normalized spacial score (nSPS) is 12.3. The second kappa shape index (κ2) is 7.79. The summed E-state index contributed by atoms with van der Waals surface area (Å²) >= 11 is 0. The van der Waals surface area contributed by atoms with Gasteiger partial charge in [0, 0.05) is 6.54 Å². The Kier molecular flexibility index (Phi) is 6.36. The quantitative estimate of drug-likeness (QED) is 0.796. The Morgan fingerprint density at radius 2 is 2.05 bits per heavy atom. The predicted octanol–water partition coefficient (Wildman–Crippen LogP) is 2.79. The monoisotopic (exact) mass is 264 g/mol. The number of anilines is 1. The zero-order chi connectivity index (χ0) is 14.3. The molecule has 19 heavy (non-hydrogen) atoms. The smallest absolute Gasteiger partial charge is 0.228 e. The molecule has 0 aliphatic carbocycles. The first kappa shape index (κ1) is 15.5. The van der Waals surface area contributed by atoms with Crippen LogP contribution in [0, 0.1) is 5.92 Å². The van der Waals surface area contributed by atoms with Crippen molar-refractivity contribution in [1.29, 1.82) is 0 Å². The fourth-order valence-corrected chi connectivity index (χ4v) is 1.87. The second-order valence-electron chi connectivity index (χ2n) is 4.87. The average Bonchev–Trinajstić information content (AvgIpc) is 2.37. The van der Waals surface area contributed by atoms with Gasteiger partial charge in [-0.1, -0.05) is 25.5 Å². The van der Waals surface area contributed by atoms with Gasteiger partial charge in [-0.2, -0.15) is 0 Å². The maximum atomic E-state index is 12.1. The minimum absolute atomic E-state index is 0.0378. The minimum atomic E-state index is -0.142. The molecule has 0 aliphatic rings. The van der Waals surface area contributed by atoms with E-state index in [4.69, 9.17) is 10.5 Å². The summed E-state index contributed by atoms with van der Waals surface area (Å²) in [6, 6.07) is 7.46. The molecule has 1 unspecified atom stereocenters. The highest BCUT2D eigenvalue weighted by atomic mass is 16.5. The lowest BCUT2D eigenvalue weighted by atomic mass is 10.0. The highest BCUT2D eigenvalue weighted by molar-refractivity contribution is 5.94. The summed E-state index contributed by atoms with van der Waals surface area (Å²) < 4.78 is 5.67. The van der Waals surface area contributed by atoms with Gasteiger partial charge in [0.15, 0.2) is 0 Å². The molecule has 1 amide bonds. The van der Waals surface area contributed by atoms with Gasteiger partial charge in [-0.05, 0) is 32.4 Å². The summed E-state index contributed by atoms with van der Waals surface area (Å²) in [6.45, 7) is 6.33. The van der Waals surface area contributed by atoms with Gasteiger partial charge >= 0.3 is 0 Å². The van der Waals surface area contributed by atoms with E-state index >= 15 is 0 Å². The summed E-state index contributed by atoms with van der Waals surface area (Å²) in [5.74, 6) is 0.513. The molecular weight excluding hydrogens is 240 g/mol. The van der Waals surface area contributed by atoms with E-state index in [2.05, 4.69) is 5.32 Å². The van der Waals surface area contributed by atoms with E-state index in [0.29, 0.717) is 18.0 Å². The van der Waals surface area contributed by atoms with Crippen LogP contribution in [0.2, 0.25) is 0 Å². The third-order valence-electron chi connectivity index (χ3n) is 2.80. The van der Waals surface area contributed by atoms with E-state index in [-0.39, 0.29) is 17.9 Å². The number of nitrogens with two attached hydrogens (primary N) is 1. The van der Waals surface area contributed by atoms with E-state index in [1.165, 1.54) is 0 Å². The van der Waals surface area contributed by atoms with Gasteiger partial charge < -0.3 is 15.8 Å². The van der Waals surface area contributed by atoms with E-state index in [0.717, 1.165) is 12.8 Å². The summed E-state index contributed by atoms with van der Waals surface area (Å²) in [5, 5.41) is 2.91. The number of carbonyl (C=O) groups excluding carboxylic acids is 1. The molecule has 1 rings (SSSR count). The Bertz CT molecular complexity index is 405. The molecule has 4 heteroatoms. The van der Waals surface area contributed by atoms with E-state index in [9.17, 15) is 4.79 Å². The standard InChI is InChI=1S/C15H24N2O2/c1-4-7-12(10-16)15(18)17-13-8-5-6-9-14(13)19-11(2)3/h5-6,8-9,11-12H,4,7,10,16H2,1-3H3,(H,17,18). The maximum Gasteiger partial charge on any atom is 0.228 e. The fraction of sp³-hybridized carbons (Fsp3) is 0.533. The van der Waals surface area contributed by atoms with Crippen LogP contribution in [0.15, 0.2) is 24.3 Å². The SMILES string of the molecule is CCCC(CN)C(=O)Nc1ccccc1OC(C)C. The number of carbonyl (C=O) groups is 1. The topological polar surface area (TPSA) is 64.4 Å². The van der Waals surface area contributed by atoms with Crippen molar-refractivity contribution in [3.63, 3.8) is 0 Å². The van der Waals surface area contributed by atoms with Crippen molar-refractivity contribution in [2.24, 2.45) is 11.7 Å². The molecule has 1 aromatic carbocycles. The van der Waals surface area contributed by atoms with Crippen molar-refractivity contribution in [1.82, 2.24) is 0 Å². The Labute approximate surface area is 115 Å². The first-order valence-corrected chi connectivity index (χ1v) is 6.85. The number of nitrogens with one attached hydrogen (secondary N) is 1. The number of rotatable bonds is 7. The molecule has 1 atom stereocenters. The van der Waals surface area contributed by atoms with Crippen LogP contribution < -0.4 is 15.8 Å². The molecule has 0 spiro atoms. The first-order valence-electron chi connectivity index (χ1n) is 6.85. The first-order chi connectivity index (χ1) is 9.08. The van der Waals surface area contributed by atoms with Crippen molar-refractivity contribution in [2.75, 3.05) is 11.9 Å². The second-order valence-corrected chi connectivity index (χ2v) is 4.87. The highest BCUT2D eigenvalue weighted by Crippen LogP contribution is 2.25. The zero-order valence-corrected chi connectivity index (χ0v) is 12.0. The number of hydrogen-bond acceptors (Lipinski definition) is 3. The lowest BCUT2D eigenvalue weighted by Gasteiger charge is -2.17. The summed E-state index contributed by atoms with van der Waals surface area (Å²) in [7, 11) is 0. The largest absolute Gasteiger partial charge is 0.489 e. The summed E-state index contributed by atoms with van der Waals surface area (Å²) in [4.78, 5) is 12.1. The Morgan fingerprint density at radius 3 is 2.63 bits per heavy atom. The van der Waals surface area contributed by atoms with Crippen molar-refractivity contribution < 1.29 is 9.53 Å². The summed E-state index contributed by atoms with van der Waals surface area (Å²) in [6.07, 6.45) is 1.81. The van der Waals surface area contributed by atoms with Crippen molar-refractivity contribution in [3.8, 4) is 5.75 Å². The van der Waals surface area contributed by atoms with Crippen LogP contribution in [0.1, 0.15) is 33.6 Å². The van der Waals surface area contributed by atoms with Crippen LogP contribution in [0.4, 0.5) is 5.69 Å². The van der Waals surface area contributed by atoms with Crippen LogP contribution >= 0.6 is 0 Å². The van der Waals surface area contributed by atoms with Crippen molar-refractivity contribution in [2.45, 2.75) is 39.7 Å². The van der Waals surface area contributed by atoms with Gasteiger partial charge in [0.1, 0.15) is 5.75 Å². The molecule has 0 saturated heterocycles. The van der Waals surface area contributed by atoms with Crippen LogP contribution in [-0.2, 0) is 4.79 Å². The third-order valence-corrected chi connectivity index (χ3v) is 2.80. The van der Waals surface area contributed by atoms with Crippen molar-refractivity contribution in [3.05, 3.63) is 24.3 Å². The van der Waals surface area contributed by atoms with Crippen LogP contribution in [0.3, 0.4) is 0 Å². The van der Waals surface area contributed by atoms with E-state index < -0.39 is 0 Å². The van der Waals surface area contributed by atoms with Gasteiger partial charge in [-0.15, -0.1) is 0 Å². The number of hydrogen-bond donors (Lipinski definition) is 2. The lowest BCUT2D eigenvalue weighted by Crippen LogP contribution is -2.29. The van der Waals surface area contributed by atoms with Crippen LogP contribution in [0.25, 0.3) is 0 Å². The van der Waals surface area contributed by atoms with Gasteiger partial charge in [0.25, 0.3) is 0 Å². The molecule has 0 aromatic heterocycles. The molecule has 0 saturated carbocycles. The van der Waals surface area contributed by atoms with Gasteiger partial charge in [-0.25, -0.2) is 0 Å². The molecule has 4 nitrogen and oxygen atoms in total. The highest BCUT2D eigenvalue weighted by Gasteiger charge is 2.17. The predicted molar refractivity (Wildman–Crippen MR) is 78.3 cm³/mol. The molecule has 1 aromatic rings. The van der Waals surface area contributed by atoms with Crippen molar-refractivity contribution >= 4 is 11.6 Å². The average molecular weight is 264 g/mol. The third kappa shape index (κ3) is 4.91. The van der Waals surface area contributed by atoms with E-state index in [1.807, 2.05) is 45.0 Å². The Balaban J connectivity index is 2.78. The van der Waals surface area contributed by atoms with Gasteiger partial charge in [-0.3, -0.25) is 4.79 Å². The molecule has 106 valence electrons. The number of amides is 1. The number of ether oxygens (including phenoxy) is 1. The van der Waals surface area contributed by atoms with Gasteiger partial charge in [0.2, 0.25) is 5.91 Å². The molecule has 0 fully saturated rings. The van der Waals surface area contributed by atoms with Crippen LogP contribution in [0.5, 0.6) is 5.75 Å². The molecule has 0 heterocycles. The number of para-hydroxylation sites is 2. The molecule has 0 aliphatic heterocycles. The number of benzene rings is 1. The van der Waals surface area contributed by atoms with Gasteiger partial charge in [0.05, 0.1) is 17.7 Å². The molecule has 3 N–H and O–H groups in total. The Morgan fingerprint density at radius 1 is 1.37 bits per heavy atom. The van der Waals surface area contributed by atoms with Crippen LogP contribution in [-0.4, -0.2) is 18.6 Å². The maximum absolute atomic E-state index is 12.1. The Hall–Kier alpha value is -1.55. The zero-order valence-electron chi connectivity index (χ0n) is 12.0. The van der Waals surface area contributed by atoms with E-state index in [1.54, 1.807) is 0 Å². The molecular formula is C15H24N2O2. The molecule has 0 radical (unpaired) electrons. The summed E-state index contributed by atoms with van der Waals surface area (Å²) in [5.41, 5.74) is 6.34.